The van der Waals surface area contributed by atoms with Crippen molar-refractivity contribution >= 4 is 45.7 Å². The van der Waals surface area contributed by atoms with Crippen molar-refractivity contribution in [2.24, 2.45) is 0 Å². The number of pyridine rings is 1. The molecule has 154 valence electrons. The number of thiophene rings is 1. The number of carbonyl (C=O) groups excluding carboxylic acids is 2. The summed E-state index contributed by atoms with van der Waals surface area (Å²) in [6, 6.07) is 11.8. The van der Waals surface area contributed by atoms with E-state index in [9.17, 15) is 9.59 Å². The fourth-order valence-corrected chi connectivity index (χ4v) is 4.37. The Morgan fingerprint density at radius 3 is 2.83 bits per heavy atom. The van der Waals surface area contributed by atoms with Gasteiger partial charge in [0, 0.05) is 23.9 Å². The van der Waals surface area contributed by atoms with Crippen molar-refractivity contribution < 1.29 is 14.3 Å². The minimum atomic E-state index is -0.246. The highest BCUT2D eigenvalue weighted by molar-refractivity contribution is 7.10. The number of benzene rings is 1. The van der Waals surface area contributed by atoms with Gasteiger partial charge < -0.3 is 15.4 Å². The lowest BCUT2D eigenvalue weighted by atomic mass is 10.00. The summed E-state index contributed by atoms with van der Waals surface area (Å²) >= 11 is 1.68. The molecule has 7 heteroatoms. The van der Waals surface area contributed by atoms with Crippen LogP contribution >= 0.6 is 11.3 Å². The third kappa shape index (κ3) is 4.27. The number of hydrogen-bond donors (Lipinski definition) is 2. The lowest BCUT2D eigenvalue weighted by molar-refractivity contribution is -0.120. The van der Waals surface area contributed by atoms with Gasteiger partial charge in [0.05, 0.1) is 29.9 Å². The van der Waals surface area contributed by atoms with Crippen LogP contribution in [-0.2, 0) is 16.0 Å². The molecule has 2 amide bonds. The summed E-state index contributed by atoms with van der Waals surface area (Å²) in [5.74, 6) is -0.488. The second kappa shape index (κ2) is 9.19. The van der Waals surface area contributed by atoms with Crippen LogP contribution in [0.5, 0.6) is 0 Å². The first kappa shape index (κ1) is 20.3. The van der Waals surface area contributed by atoms with Crippen molar-refractivity contribution in [3.63, 3.8) is 0 Å². The van der Waals surface area contributed by atoms with Gasteiger partial charge in [-0.1, -0.05) is 24.3 Å². The van der Waals surface area contributed by atoms with E-state index in [2.05, 4.69) is 22.8 Å². The molecule has 4 rings (SSSR count). The molecule has 2 aromatic heterocycles. The van der Waals surface area contributed by atoms with E-state index in [4.69, 9.17) is 9.72 Å². The third-order valence-corrected chi connectivity index (χ3v) is 5.89. The van der Waals surface area contributed by atoms with Crippen molar-refractivity contribution in [2.45, 2.75) is 12.8 Å². The van der Waals surface area contributed by atoms with Gasteiger partial charge in [-0.15, -0.1) is 11.3 Å². The van der Waals surface area contributed by atoms with Gasteiger partial charge in [0.25, 0.3) is 5.91 Å². The first-order valence-corrected chi connectivity index (χ1v) is 10.7. The number of amides is 2. The monoisotopic (exact) mass is 421 g/mol. The summed E-state index contributed by atoms with van der Waals surface area (Å²) in [5, 5.41) is 8.34. The van der Waals surface area contributed by atoms with Crippen LogP contribution in [0.2, 0.25) is 0 Å². The van der Waals surface area contributed by atoms with Crippen LogP contribution in [-0.4, -0.2) is 43.6 Å². The predicted octanol–water partition coefficient (Wildman–Crippen LogP) is 3.28. The molecule has 30 heavy (non-hydrogen) atoms. The molecule has 0 unspecified atom stereocenters. The fraction of sp³-hybridized carbons (Fsp3) is 0.261. The molecule has 1 aromatic carbocycles. The number of fused-ring (bicyclic) bond motifs is 2. The number of nitrogens with one attached hydrogen (secondary N) is 2. The zero-order chi connectivity index (χ0) is 20.9. The zero-order valence-electron chi connectivity index (χ0n) is 16.7. The third-order valence-electron chi connectivity index (χ3n) is 5.07. The molecule has 1 aliphatic rings. The number of methoxy groups -OCH3 is 1. The van der Waals surface area contributed by atoms with Gasteiger partial charge in [-0.3, -0.25) is 9.59 Å². The normalized spacial score (nSPS) is 14.1. The second-order valence-corrected chi connectivity index (χ2v) is 8.02. The highest BCUT2D eigenvalue weighted by atomic mass is 32.1. The van der Waals surface area contributed by atoms with Gasteiger partial charge in [-0.05, 0) is 47.6 Å². The molecule has 0 saturated heterocycles. The average molecular weight is 422 g/mol. The van der Waals surface area contributed by atoms with Gasteiger partial charge in [0.1, 0.15) is 0 Å². The number of nitrogens with zero attached hydrogens (tertiary/aromatic N) is 1. The van der Waals surface area contributed by atoms with Gasteiger partial charge in [-0.25, -0.2) is 4.98 Å². The Morgan fingerprint density at radius 2 is 2.03 bits per heavy atom. The van der Waals surface area contributed by atoms with Crippen LogP contribution in [0.4, 0.5) is 0 Å². The van der Waals surface area contributed by atoms with E-state index in [0.717, 1.165) is 40.6 Å². The Labute approximate surface area is 179 Å². The molecule has 0 fully saturated rings. The Kier molecular flexibility index (Phi) is 6.21. The molecule has 2 heterocycles. The zero-order valence-corrected chi connectivity index (χ0v) is 17.6. The first-order valence-electron chi connectivity index (χ1n) is 9.87. The molecule has 0 aliphatic heterocycles. The van der Waals surface area contributed by atoms with Crippen LogP contribution < -0.4 is 10.6 Å². The Hall–Kier alpha value is -3.03. The molecule has 0 spiro atoms. The molecule has 0 saturated carbocycles. The lowest BCUT2D eigenvalue weighted by Crippen LogP contribution is -2.38. The molecule has 6 nitrogen and oxygen atoms in total. The quantitative estimate of drug-likeness (QED) is 0.574. The van der Waals surface area contributed by atoms with E-state index in [1.165, 1.54) is 4.88 Å². The Morgan fingerprint density at radius 1 is 1.17 bits per heavy atom. The number of rotatable bonds is 7. The number of ether oxygens (including phenoxy) is 1. The largest absolute Gasteiger partial charge is 0.383 e. The van der Waals surface area contributed by atoms with Crippen molar-refractivity contribution in [1.82, 2.24) is 15.6 Å². The predicted molar refractivity (Wildman–Crippen MR) is 119 cm³/mol. The molecule has 2 N–H and O–H groups in total. The average Bonchev–Trinajstić information content (AvgIpc) is 3.41. The van der Waals surface area contributed by atoms with E-state index in [0.29, 0.717) is 18.7 Å². The van der Waals surface area contributed by atoms with E-state index in [1.807, 2.05) is 35.7 Å². The maximum Gasteiger partial charge on any atom is 0.252 e. The maximum atomic E-state index is 13.1. The first-order chi connectivity index (χ1) is 14.7. The number of para-hydroxylation sites is 1. The number of allylic oxidation sites excluding steroid dienone is 1. The standard InChI is InChI=1S/C23H23N3O3S/c1-29-11-10-24-20(27)14-25-23(28)21-17-6-2-3-7-19(17)26-22-15(8-9-18(21)22)13-16-5-4-12-30-16/h2-7,12-13H,8-11,14H2,1H3,(H,24,27)(H,25,28)/b15-13-. The van der Waals surface area contributed by atoms with Gasteiger partial charge in [-0.2, -0.15) is 0 Å². The van der Waals surface area contributed by atoms with Crippen LogP contribution in [0, 0.1) is 0 Å². The highest BCUT2D eigenvalue weighted by Gasteiger charge is 2.27. The van der Waals surface area contributed by atoms with Crippen molar-refractivity contribution in [3.8, 4) is 0 Å². The molecule has 0 atom stereocenters. The summed E-state index contributed by atoms with van der Waals surface area (Å²) < 4.78 is 4.92. The molecular weight excluding hydrogens is 398 g/mol. The number of hydrogen-bond acceptors (Lipinski definition) is 5. The van der Waals surface area contributed by atoms with Crippen LogP contribution in [0.25, 0.3) is 22.6 Å². The topological polar surface area (TPSA) is 80.3 Å². The second-order valence-electron chi connectivity index (χ2n) is 7.04. The summed E-state index contributed by atoms with van der Waals surface area (Å²) in [5.41, 5.74) is 4.38. The van der Waals surface area contributed by atoms with Crippen molar-refractivity contribution in [2.75, 3.05) is 26.8 Å². The van der Waals surface area contributed by atoms with Gasteiger partial charge in [0.2, 0.25) is 5.91 Å². The van der Waals surface area contributed by atoms with Crippen LogP contribution in [0.3, 0.4) is 0 Å². The minimum absolute atomic E-state index is 0.0775. The number of carbonyl (C=O) groups is 2. The van der Waals surface area contributed by atoms with Gasteiger partial charge in [0.15, 0.2) is 0 Å². The Balaban J connectivity index is 1.64. The van der Waals surface area contributed by atoms with Crippen molar-refractivity contribution in [3.05, 3.63) is 63.5 Å². The summed E-state index contributed by atoms with van der Waals surface area (Å²) in [4.78, 5) is 31.1. The van der Waals surface area contributed by atoms with E-state index in [-0.39, 0.29) is 18.4 Å². The summed E-state index contributed by atoms with van der Waals surface area (Å²) in [6.07, 6.45) is 3.75. The molecule has 0 bridgehead atoms. The van der Waals surface area contributed by atoms with Gasteiger partial charge >= 0.3 is 0 Å². The molecule has 0 radical (unpaired) electrons. The van der Waals surface area contributed by atoms with E-state index < -0.39 is 0 Å². The number of aromatic nitrogens is 1. The van der Waals surface area contributed by atoms with E-state index in [1.54, 1.807) is 18.4 Å². The summed E-state index contributed by atoms with van der Waals surface area (Å²) in [7, 11) is 1.57. The smallest absolute Gasteiger partial charge is 0.252 e. The molecule has 1 aliphatic carbocycles. The molecule has 3 aromatic rings. The van der Waals surface area contributed by atoms with E-state index >= 15 is 0 Å². The fourth-order valence-electron chi connectivity index (χ4n) is 3.69. The minimum Gasteiger partial charge on any atom is -0.383 e. The molecular formula is C23H23N3O3S. The SMILES string of the molecule is COCCNC(=O)CNC(=O)c1c2c(nc3ccccc13)/C(=C\c1cccs1)CC2. The lowest BCUT2D eigenvalue weighted by Gasteiger charge is -2.13. The highest BCUT2D eigenvalue weighted by Crippen LogP contribution is 2.37. The Bertz CT molecular complexity index is 1110. The van der Waals surface area contributed by atoms with Crippen LogP contribution in [0.15, 0.2) is 41.8 Å². The van der Waals surface area contributed by atoms with Crippen molar-refractivity contribution in [1.29, 1.82) is 0 Å². The maximum absolute atomic E-state index is 13.1. The van der Waals surface area contributed by atoms with Crippen LogP contribution in [0.1, 0.15) is 32.9 Å². The summed E-state index contributed by atoms with van der Waals surface area (Å²) in [6.45, 7) is 0.767.